The van der Waals surface area contributed by atoms with Crippen LogP contribution in [-0.2, 0) is 20.4 Å². The number of hydrogen-bond donors (Lipinski definition) is 1. The van der Waals surface area contributed by atoms with Crippen molar-refractivity contribution in [3.05, 3.63) is 46.7 Å². The molecule has 0 radical (unpaired) electrons. The zero-order valence-corrected chi connectivity index (χ0v) is 13.7. The zero-order valence-electron chi connectivity index (χ0n) is 12.0. The molecule has 1 atom stereocenters. The zero-order chi connectivity index (χ0) is 16.3. The van der Waals surface area contributed by atoms with Gasteiger partial charge in [0.25, 0.3) is 0 Å². The summed E-state index contributed by atoms with van der Waals surface area (Å²) in [5.41, 5.74) is 0.759. The summed E-state index contributed by atoms with van der Waals surface area (Å²) in [6.45, 7) is 2.87. The summed E-state index contributed by atoms with van der Waals surface area (Å²) >= 11 is 1.16. The molecule has 5 nitrogen and oxygen atoms in total. The van der Waals surface area contributed by atoms with Gasteiger partial charge in [0.2, 0.25) is 5.91 Å². The molecule has 1 aromatic carbocycles. The van der Waals surface area contributed by atoms with Gasteiger partial charge in [0, 0.05) is 12.3 Å². The van der Waals surface area contributed by atoms with Gasteiger partial charge < -0.3 is 5.32 Å². The van der Waals surface area contributed by atoms with Crippen molar-refractivity contribution in [1.82, 2.24) is 4.98 Å². The Morgan fingerprint density at radius 3 is 2.82 bits per heavy atom. The number of hydrogen-bond acceptors (Lipinski definition) is 5. The maximum Gasteiger partial charge on any atom is 0.223 e. The van der Waals surface area contributed by atoms with Crippen LogP contribution in [0.15, 0.2) is 29.6 Å². The van der Waals surface area contributed by atoms with Crippen molar-refractivity contribution in [2.24, 2.45) is 0 Å². The molecule has 8 heteroatoms. The number of sulfone groups is 1. The number of rotatable bonds is 5. The van der Waals surface area contributed by atoms with Crippen molar-refractivity contribution in [2.75, 3.05) is 5.32 Å². The Balaban J connectivity index is 2.16. The van der Waals surface area contributed by atoms with Crippen LogP contribution >= 0.6 is 11.3 Å². The number of thiazole rings is 1. The molecule has 0 aliphatic heterocycles. The third kappa shape index (κ3) is 4.11. The van der Waals surface area contributed by atoms with Crippen LogP contribution < -0.4 is 5.32 Å². The first-order chi connectivity index (χ1) is 10.3. The normalized spacial score (nSPS) is 12.9. The molecular weight excluding hydrogens is 327 g/mol. The van der Waals surface area contributed by atoms with Crippen molar-refractivity contribution in [3.8, 4) is 0 Å². The first kappa shape index (κ1) is 16.6. The molecule has 2 rings (SSSR count). The van der Waals surface area contributed by atoms with Gasteiger partial charge in [0.1, 0.15) is 5.82 Å². The monoisotopic (exact) mass is 342 g/mol. The van der Waals surface area contributed by atoms with Crippen LogP contribution in [0.5, 0.6) is 0 Å². The third-order valence-electron chi connectivity index (χ3n) is 3.04. The van der Waals surface area contributed by atoms with Crippen molar-refractivity contribution < 1.29 is 17.6 Å². The van der Waals surface area contributed by atoms with E-state index in [1.807, 2.05) is 0 Å². The molecular formula is C14H15FN2O3S2. The Hall–Kier alpha value is -1.80. The van der Waals surface area contributed by atoms with Crippen LogP contribution in [0.1, 0.15) is 30.4 Å². The minimum absolute atomic E-state index is 0.263. The molecule has 1 N–H and O–H groups in total. The van der Waals surface area contributed by atoms with E-state index in [4.69, 9.17) is 0 Å². The molecule has 118 valence electrons. The van der Waals surface area contributed by atoms with Crippen molar-refractivity contribution in [2.45, 2.75) is 24.9 Å². The van der Waals surface area contributed by atoms with Gasteiger partial charge in [0.05, 0.1) is 16.7 Å². The standard InChI is InChI=1S/C14H15FN2O3S2/c1-9(11-4-3-5-12(15)6-11)22(19,20)8-13-7-21-14(17-13)16-10(2)18/h3-7,9H,8H2,1-2H3,(H,16,17,18). The molecule has 0 aliphatic rings. The van der Waals surface area contributed by atoms with Crippen LogP contribution in [0.2, 0.25) is 0 Å². The van der Waals surface area contributed by atoms with E-state index in [1.54, 1.807) is 11.4 Å². The topological polar surface area (TPSA) is 76.1 Å². The van der Waals surface area contributed by atoms with Gasteiger partial charge in [-0.25, -0.2) is 17.8 Å². The number of carbonyl (C=O) groups is 1. The average molecular weight is 342 g/mol. The maximum atomic E-state index is 13.2. The van der Waals surface area contributed by atoms with E-state index in [9.17, 15) is 17.6 Å². The summed E-state index contributed by atoms with van der Waals surface area (Å²) in [6.07, 6.45) is 0. The predicted molar refractivity (Wildman–Crippen MR) is 83.9 cm³/mol. The minimum Gasteiger partial charge on any atom is -0.302 e. The number of amides is 1. The molecule has 22 heavy (non-hydrogen) atoms. The number of benzene rings is 1. The molecule has 1 aromatic heterocycles. The summed E-state index contributed by atoms with van der Waals surface area (Å²) in [5, 5.41) is 3.61. The van der Waals surface area contributed by atoms with E-state index in [0.717, 1.165) is 11.3 Å². The van der Waals surface area contributed by atoms with Crippen molar-refractivity contribution in [3.63, 3.8) is 0 Å². The predicted octanol–water partition coefficient (Wildman–Crippen LogP) is 2.92. The van der Waals surface area contributed by atoms with Gasteiger partial charge in [-0.2, -0.15) is 0 Å². The Morgan fingerprint density at radius 2 is 2.18 bits per heavy atom. The fraction of sp³-hybridized carbons (Fsp3) is 0.286. The summed E-state index contributed by atoms with van der Waals surface area (Å²) in [7, 11) is -3.53. The smallest absolute Gasteiger partial charge is 0.223 e. The summed E-state index contributed by atoms with van der Waals surface area (Å²) in [6, 6.07) is 5.54. The van der Waals surface area contributed by atoms with Crippen molar-refractivity contribution >= 4 is 32.2 Å². The van der Waals surface area contributed by atoms with Crippen LogP contribution in [0.4, 0.5) is 9.52 Å². The highest BCUT2D eigenvalue weighted by Crippen LogP contribution is 2.27. The van der Waals surface area contributed by atoms with E-state index in [2.05, 4.69) is 10.3 Å². The van der Waals surface area contributed by atoms with Gasteiger partial charge in [-0.1, -0.05) is 12.1 Å². The maximum absolute atomic E-state index is 13.2. The first-order valence-electron chi connectivity index (χ1n) is 6.47. The van der Waals surface area contributed by atoms with Gasteiger partial charge in [-0.05, 0) is 24.6 Å². The highest BCUT2D eigenvalue weighted by molar-refractivity contribution is 7.90. The molecule has 2 aromatic rings. The lowest BCUT2D eigenvalue weighted by atomic mass is 10.2. The Morgan fingerprint density at radius 1 is 1.45 bits per heavy atom. The van der Waals surface area contributed by atoms with Gasteiger partial charge >= 0.3 is 0 Å². The van der Waals surface area contributed by atoms with Gasteiger partial charge in [-0.15, -0.1) is 11.3 Å². The Labute approximate surface area is 132 Å². The van der Waals surface area contributed by atoms with E-state index in [-0.39, 0.29) is 11.7 Å². The lowest BCUT2D eigenvalue weighted by Gasteiger charge is -2.12. The molecule has 0 spiro atoms. The summed E-state index contributed by atoms with van der Waals surface area (Å²) in [4.78, 5) is 15.0. The molecule has 0 fully saturated rings. The fourth-order valence-corrected chi connectivity index (χ4v) is 4.11. The second-order valence-corrected chi connectivity index (χ2v) is 8.01. The largest absolute Gasteiger partial charge is 0.302 e. The quantitative estimate of drug-likeness (QED) is 0.906. The van der Waals surface area contributed by atoms with Crippen LogP contribution in [-0.4, -0.2) is 19.3 Å². The van der Waals surface area contributed by atoms with E-state index < -0.39 is 20.9 Å². The minimum atomic E-state index is -3.53. The number of aromatic nitrogens is 1. The van der Waals surface area contributed by atoms with E-state index in [0.29, 0.717) is 16.4 Å². The van der Waals surface area contributed by atoms with Crippen LogP contribution in [0, 0.1) is 5.82 Å². The average Bonchev–Trinajstić information content (AvgIpc) is 2.83. The number of nitrogens with zero attached hydrogens (tertiary/aromatic N) is 1. The number of carbonyl (C=O) groups excluding carboxylic acids is 1. The summed E-state index contributed by atoms with van der Waals surface area (Å²) < 4.78 is 38.0. The van der Waals surface area contributed by atoms with E-state index >= 15 is 0 Å². The SMILES string of the molecule is CC(=O)Nc1nc(CS(=O)(=O)C(C)c2cccc(F)c2)cs1. The number of halogens is 1. The molecule has 1 unspecified atom stereocenters. The first-order valence-corrected chi connectivity index (χ1v) is 9.06. The van der Waals surface area contributed by atoms with Crippen LogP contribution in [0.3, 0.4) is 0 Å². The molecule has 0 saturated carbocycles. The van der Waals surface area contributed by atoms with E-state index in [1.165, 1.54) is 32.0 Å². The molecule has 0 saturated heterocycles. The highest BCUT2D eigenvalue weighted by atomic mass is 32.2. The summed E-state index contributed by atoms with van der Waals surface area (Å²) in [5.74, 6) is -1.00. The fourth-order valence-electron chi connectivity index (χ4n) is 1.88. The van der Waals surface area contributed by atoms with Crippen LogP contribution in [0.25, 0.3) is 0 Å². The second kappa shape index (κ2) is 6.53. The Kier molecular flexibility index (Phi) is 4.92. The number of nitrogens with one attached hydrogen (secondary N) is 1. The van der Waals surface area contributed by atoms with Gasteiger partial charge in [0.15, 0.2) is 15.0 Å². The lowest BCUT2D eigenvalue weighted by molar-refractivity contribution is -0.114. The second-order valence-electron chi connectivity index (χ2n) is 4.83. The Bertz CT molecular complexity index is 787. The van der Waals surface area contributed by atoms with Crippen molar-refractivity contribution in [1.29, 1.82) is 0 Å². The molecule has 0 aliphatic carbocycles. The molecule has 1 amide bonds. The highest BCUT2D eigenvalue weighted by Gasteiger charge is 2.24. The molecule has 1 heterocycles. The molecule has 0 bridgehead atoms. The lowest BCUT2D eigenvalue weighted by Crippen LogP contribution is -2.13. The van der Waals surface area contributed by atoms with Gasteiger partial charge in [-0.3, -0.25) is 4.79 Å². The number of anilines is 1. The third-order valence-corrected chi connectivity index (χ3v) is 5.89.